The van der Waals surface area contributed by atoms with Crippen LogP contribution in [0.2, 0.25) is 0 Å². The molecule has 172 valence electrons. The van der Waals surface area contributed by atoms with Crippen LogP contribution in [0, 0.1) is 6.92 Å². The number of carbonyl (C=O) groups excluding carboxylic acids is 1. The maximum Gasteiger partial charge on any atom is 0.267 e. The van der Waals surface area contributed by atoms with Crippen LogP contribution in [0.1, 0.15) is 11.1 Å². The van der Waals surface area contributed by atoms with Gasteiger partial charge in [-0.3, -0.25) is 10.0 Å². The monoisotopic (exact) mass is 467 g/mol. The zero-order chi connectivity index (χ0) is 23.4. The van der Waals surface area contributed by atoms with E-state index in [1.54, 1.807) is 24.3 Å². The number of benzene rings is 2. The lowest BCUT2D eigenvalue weighted by Crippen LogP contribution is -2.36. The molecule has 1 aliphatic heterocycles. The van der Waals surface area contributed by atoms with Crippen LogP contribution in [0.4, 0.5) is 5.69 Å². The number of nitrogens with zero attached hydrogens (tertiary/aromatic N) is 2. The Balaban J connectivity index is 1.61. The molecular formula is C24H25N3O5S. The average molecular weight is 468 g/mol. The van der Waals surface area contributed by atoms with E-state index in [2.05, 4.69) is 17.0 Å². The van der Waals surface area contributed by atoms with E-state index < -0.39 is 15.9 Å². The van der Waals surface area contributed by atoms with Crippen LogP contribution in [0.3, 0.4) is 0 Å². The third-order valence-corrected chi connectivity index (χ3v) is 7.17. The number of anilines is 1. The van der Waals surface area contributed by atoms with Gasteiger partial charge in [0.2, 0.25) is 0 Å². The van der Waals surface area contributed by atoms with E-state index in [-0.39, 0.29) is 4.90 Å². The van der Waals surface area contributed by atoms with E-state index >= 15 is 0 Å². The second-order valence-corrected chi connectivity index (χ2v) is 9.56. The van der Waals surface area contributed by atoms with E-state index in [1.165, 1.54) is 23.9 Å². The second kappa shape index (κ2) is 9.62. The summed E-state index contributed by atoms with van der Waals surface area (Å²) in [6, 6.07) is 14.6. The van der Waals surface area contributed by atoms with Gasteiger partial charge in [0.15, 0.2) is 0 Å². The molecule has 2 heterocycles. The quantitative estimate of drug-likeness (QED) is 0.328. The van der Waals surface area contributed by atoms with Crippen molar-refractivity contribution in [3.05, 3.63) is 78.1 Å². The molecule has 2 aromatic carbocycles. The Morgan fingerprint density at radius 1 is 1.12 bits per heavy atom. The zero-order valence-electron chi connectivity index (χ0n) is 18.1. The molecule has 0 atom stereocenters. The summed E-state index contributed by atoms with van der Waals surface area (Å²) < 4.78 is 32.9. The van der Waals surface area contributed by atoms with Gasteiger partial charge in [0.25, 0.3) is 15.9 Å². The van der Waals surface area contributed by atoms with Crippen molar-refractivity contribution in [1.82, 2.24) is 9.45 Å². The SMILES string of the molecule is Cc1cc(N2CCOCC2)ccc1-c1cccc(S(=O)(=O)n2ccc(C=CC(=O)NO)c2)c1. The zero-order valence-corrected chi connectivity index (χ0v) is 19.0. The largest absolute Gasteiger partial charge is 0.378 e. The standard InChI is InChI=1S/C24H25N3O5S/c1-18-15-21(26-11-13-32-14-12-26)6-7-23(18)20-3-2-4-22(16-20)33(30,31)27-10-9-19(17-27)5-8-24(28)25-29/h2-10,15-17,29H,11-14H2,1H3,(H,25,28). The molecule has 0 bridgehead atoms. The number of carbonyl (C=O) groups is 1. The van der Waals surface area contributed by atoms with Crippen LogP contribution in [-0.2, 0) is 19.6 Å². The molecule has 3 aromatic rings. The maximum atomic E-state index is 13.2. The normalized spacial score (nSPS) is 14.5. The highest BCUT2D eigenvalue weighted by molar-refractivity contribution is 7.90. The van der Waals surface area contributed by atoms with Gasteiger partial charge in [-0.1, -0.05) is 18.2 Å². The summed E-state index contributed by atoms with van der Waals surface area (Å²) in [6.07, 6.45) is 5.34. The first-order valence-electron chi connectivity index (χ1n) is 10.5. The number of rotatable bonds is 6. The first kappa shape index (κ1) is 22.8. The first-order chi connectivity index (χ1) is 15.9. The second-order valence-electron chi connectivity index (χ2n) is 7.72. The summed E-state index contributed by atoms with van der Waals surface area (Å²) in [5, 5.41) is 8.56. The number of morpholine rings is 1. The van der Waals surface area contributed by atoms with E-state index in [0.29, 0.717) is 18.8 Å². The minimum absolute atomic E-state index is 0.163. The van der Waals surface area contributed by atoms with Gasteiger partial charge in [0.05, 0.1) is 18.1 Å². The van der Waals surface area contributed by atoms with Crippen molar-refractivity contribution in [3.8, 4) is 11.1 Å². The van der Waals surface area contributed by atoms with E-state index in [1.807, 2.05) is 19.1 Å². The van der Waals surface area contributed by atoms with Gasteiger partial charge in [-0.15, -0.1) is 0 Å². The van der Waals surface area contributed by atoms with E-state index in [0.717, 1.165) is 45.5 Å². The first-order valence-corrected chi connectivity index (χ1v) is 11.9. The van der Waals surface area contributed by atoms with Crippen LogP contribution < -0.4 is 10.4 Å². The highest BCUT2D eigenvalue weighted by atomic mass is 32.2. The van der Waals surface area contributed by atoms with Crippen LogP contribution in [0.25, 0.3) is 17.2 Å². The Hall–Kier alpha value is -3.40. The molecular weight excluding hydrogens is 442 g/mol. The van der Waals surface area contributed by atoms with Crippen molar-refractivity contribution in [2.24, 2.45) is 0 Å². The lowest BCUT2D eigenvalue weighted by atomic mass is 10.00. The predicted octanol–water partition coefficient (Wildman–Crippen LogP) is 3.06. The summed E-state index contributed by atoms with van der Waals surface area (Å²) in [7, 11) is -3.82. The molecule has 1 aliphatic rings. The van der Waals surface area contributed by atoms with Gasteiger partial charge < -0.3 is 9.64 Å². The van der Waals surface area contributed by atoms with Gasteiger partial charge in [0, 0.05) is 37.2 Å². The highest BCUT2D eigenvalue weighted by Gasteiger charge is 2.18. The fourth-order valence-corrected chi connectivity index (χ4v) is 5.04. The van der Waals surface area contributed by atoms with Gasteiger partial charge in [-0.05, 0) is 65.6 Å². The molecule has 1 saturated heterocycles. The number of ether oxygens (including phenoxy) is 1. The lowest BCUT2D eigenvalue weighted by molar-refractivity contribution is -0.124. The fraction of sp³-hybridized carbons (Fsp3) is 0.208. The molecule has 1 aromatic heterocycles. The van der Waals surface area contributed by atoms with Gasteiger partial charge in [0.1, 0.15) is 0 Å². The van der Waals surface area contributed by atoms with Crippen LogP contribution in [0.15, 0.2) is 71.9 Å². The number of nitrogens with one attached hydrogen (secondary N) is 1. The minimum atomic E-state index is -3.82. The topological polar surface area (TPSA) is 101 Å². The molecule has 2 N–H and O–H groups in total. The molecule has 33 heavy (non-hydrogen) atoms. The van der Waals surface area contributed by atoms with Gasteiger partial charge in [-0.2, -0.15) is 0 Å². The Bertz CT molecular complexity index is 1290. The lowest BCUT2D eigenvalue weighted by Gasteiger charge is -2.29. The van der Waals surface area contributed by atoms with Crippen LogP contribution >= 0.6 is 0 Å². The van der Waals surface area contributed by atoms with Crippen molar-refractivity contribution in [2.75, 3.05) is 31.2 Å². The van der Waals surface area contributed by atoms with E-state index in [4.69, 9.17) is 9.94 Å². The summed E-state index contributed by atoms with van der Waals surface area (Å²) in [5.41, 5.74) is 5.97. The van der Waals surface area contributed by atoms with Gasteiger partial charge in [-0.25, -0.2) is 17.9 Å². The fourth-order valence-electron chi connectivity index (χ4n) is 3.79. The number of aryl methyl sites for hydroxylation is 1. The predicted molar refractivity (Wildman–Crippen MR) is 126 cm³/mol. The smallest absolute Gasteiger partial charge is 0.267 e. The number of aromatic nitrogens is 1. The molecule has 9 heteroatoms. The molecule has 1 amide bonds. The van der Waals surface area contributed by atoms with Crippen molar-refractivity contribution >= 4 is 27.7 Å². The third-order valence-electron chi connectivity index (χ3n) is 5.53. The molecule has 0 spiro atoms. The van der Waals surface area contributed by atoms with Gasteiger partial charge >= 0.3 is 0 Å². The summed E-state index contributed by atoms with van der Waals surface area (Å²) in [6.45, 7) is 5.16. The van der Waals surface area contributed by atoms with Crippen LogP contribution in [0.5, 0.6) is 0 Å². The van der Waals surface area contributed by atoms with Crippen molar-refractivity contribution in [1.29, 1.82) is 0 Å². The average Bonchev–Trinajstić information content (AvgIpc) is 3.33. The molecule has 1 fully saturated rings. The molecule has 8 nitrogen and oxygen atoms in total. The molecule has 0 saturated carbocycles. The summed E-state index contributed by atoms with van der Waals surface area (Å²) in [5.74, 6) is -0.701. The van der Waals surface area contributed by atoms with Crippen molar-refractivity contribution in [2.45, 2.75) is 11.8 Å². The Morgan fingerprint density at radius 2 is 1.91 bits per heavy atom. The van der Waals surface area contributed by atoms with E-state index in [9.17, 15) is 13.2 Å². The highest BCUT2D eigenvalue weighted by Crippen LogP contribution is 2.30. The Kier molecular flexibility index (Phi) is 6.64. The number of hydrogen-bond donors (Lipinski definition) is 2. The van der Waals surface area contributed by atoms with Crippen LogP contribution in [-0.4, -0.2) is 49.8 Å². The van der Waals surface area contributed by atoms with Crippen molar-refractivity contribution in [3.63, 3.8) is 0 Å². The molecule has 0 aliphatic carbocycles. The number of hydrogen-bond acceptors (Lipinski definition) is 6. The molecule has 0 radical (unpaired) electrons. The summed E-state index contributed by atoms with van der Waals surface area (Å²) in [4.78, 5) is 13.6. The summed E-state index contributed by atoms with van der Waals surface area (Å²) >= 11 is 0. The third kappa shape index (κ3) is 5.00. The molecule has 0 unspecified atom stereocenters. The maximum absolute atomic E-state index is 13.2. The van der Waals surface area contributed by atoms with Crippen molar-refractivity contribution < 1.29 is 23.2 Å². The number of amides is 1. The minimum Gasteiger partial charge on any atom is -0.378 e. The Morgan fingerprint density at radius 3 is 2.64 bits per heavy atom. The Labute approximate surface area is 192 Å². The molecule has 4 rings (SSSR count). The number of hydroxylamine groups is 1.